The van der Waals surface area contributed by atoms with E-state index in [1.165, 1.54) is 29.9 Å². The van der Waals surface area contributed by atoms with Gasteiger partial charge in [0.1, 0.15) is 11.6 Å². The maximum atomic E-state index is 14.2. The van der Waals surface area contributed by atoms with E-state index in [9.17, 15) is 28.7 Å². The van der Waals surface area contributed by atoms with Crippen LogP contribution in [-0.2, 0) is 4.74 Å². The Kier molecular flexibility index (Phi) is 7.20. The Morgan fingerprint density at radius 2 is 1.82 bits per heavy atom. The quantitative estimate of drug-likeness (QED) is 0.367. The number of hydrogen-bond acceptors (Lipinski definition) is 7. The van der Waals surface area contributed by atoms with Crippen molar-refractivity contribution >= 4 is 22.9 Å². The van der Waals surface area contributed by atoms with Gasteiger partial charge < -0.3 is 15.2 Å². The highest BCUT2D eigenvalue weighted by Gasteiger charge is 2.28. The van der Waals surface area contributed by atoms with E-state index in [1.54, 1.807) is 24.3 Å². The maximum Gasteiger partial charge on any atom is 0.337 e. The number of halogens is 1. The minimum atomic E-state index is -0.726. The molecule has 1 amide bonds. The Hall–Kier alpha value is -4.80. The fraction of sp³-hybridized carbons (Fsp3) is 0.276. The van der Waals surface area contributed by atoms with Crippen LogP contribution in [0.1, 0.15) is 58.0 Å². The second kappa shape index (κ2) is 10.8. The first-order valence-corrected chi connectivity index (χ1v) is 12.8. The molecule has 0 radical (unpaired) electrons. The van der Waals surface area contributed by atoms with Crippen molar-refractivity contribution in [3.8, 4) is 11.4 Å². The van der Waals surface area contributed by atoms with Crippen LogP contribution in [-0.4, -0.2) is 44.3 Å². The van der Waals surface area contributed by atoms with Crippen molar-refractivity contribution in [3.63, 3.8) is 0 Å². The lowest BCUT2D eigenvalue weighted by Crippen LogP contribution is -2.45. The van der Waals surface area contributed by atoms with E-state index in [0.29, 0.717) is 25.7 Å². The van der Waals surface area contributed by atoms with E-state index in [-0.39, 0.29) is 39.6 Å². The molecule has 0 saturated heterocycles. The Morgan fingerprint density at radius 3 is 2.55 bits per heavy atom. The molecule has 0 unspecified atom stereocenters. The number of phenols is 1. The third-order valence-corrected chi connectivity index (χ3v) is 7.21. The van der Waals surface area contributed by atoms with Gasteiger partial charge >= 0.3 is 11.7 Å². The molecule has 0 atom stereocenters. The van der Waals surface area contributed by atoms with E-state index in [4.69, 9.17) is 4.74 Å². The number of ether oxygens (including phenoxy) is 1. The van der Waals surface area contributed by atoms with Crippen molar-refractivity contribution < 1.29 is 23.8 Å². The third-order valence-electron chi connectivity index (χ3n) is 7.21. The zero-order chi connectivity index (χ0) is 28.6. The molecule has 206 valence electrons. The van der Waals surface area contributed by atoms with E-state index in [2.05, 4.69) is 10.3 Å². The minimum Gasteiger partial charge on any atom is -0.507 e. The second-order valence-electron chi connectivity index (χ2n) is 9.86. The number of nitrogens with zero attached hydrogens (tertiary/aromatic N) is 3. The molecule has 1 saturated carbocycles. The van der Waals surface area contributed by atoms with E-state index < -0.39 is 35.0 Å². The van der Waals surface area contributed by atoms with Crippen LogP contribution in [0, 0.1) is 12.7 Å². The molecule has 10 nitrogen and oxygen atoms in total. The van der Waals surface area contributed by atoms with Crippen LogP contribution < -0.4 is 16.6 Å². The van der Waals surface area contributed by atoms with Crippen molar-refractivity contribution in [3.05, 3.63) is 98.1 Å². The zero-order valence-electron chi connectivity index (χ0n) is 21.9. The Balaban J connectivity index is 1.49. The first-order chi connectivity index (χ1) is 19.2. The van der Waals surface area contributed by atoms with E-state index in [0.717, 1.165) is 22.4 Å². The summed E-state index contributed by atoms with van der Waals surface area (Å²) in [7, 11) is 1.24. The van der Waals surface area contributed by atoms with E-state index >= 15 is 0 Å². The molecule has 2 N–H and O–H groups in total. The number of esters is 1. The number of carbonyl (C=O) groups excluding carboxylic acids is 2. The highest BCUT2D eigenvalue weighted by Crippen LogP contribution is 2.28. The number of pyridine rings is 1. The van der Waals surface area contributed by atoms with Crippen LogP contribution in [0.3, 0.4) is 0 Å². The molecule has 0 aliphatic heterocycles. The number of nitrogens with one attached hydrogen (secondary N) is 1. The molecule has 1 aliphatic rings. The van der Waals surface area contributed by atoms with Gasteiger partial charge in [-0.3, -0.25) is 14.2 Å². The topological polar surface area (TPSA) is 133 Å². The van der Waals surface area contributed by atoms with Gasteiger partial charge in [-0.1, -0.05) is 17.7 Å². The van der Waals surface area contributed by atoms with Gasteiger partial charge in [0.25, 0.3) is 11.5 Å². The predicted molar refractivity (Wildman–Crippen MR) is 145 cm³/mol. The number of fused-ring (bicyclic) bond motifs is 1. The number of aromatic nitrogens is 3. The summed E-state index contributed by atoms with van der Waals surface area (Å²) in [6.07, 6.45) is 2.68. The van der Waals surface area contributed by atoms with Crippen molar-refractivity contribution in [1.29, 1.82) is 0 Å². The second-order valence-corrected chi connectivity index (χ2v) is 9.86. The number of aromatic hydroxyl groups is 1. The predicted octanol–water partition coefficient (Wildman–Crippen LogP) is 3.40. The number of benzene rings is 2. The molecule has 1 fully saturated rings. The molecule has 4 aromatic rings. The largest absolute Gasteiger partial charge is 0.507 e. The Bertz CT molecular complexity index is 1750. The van der Waals surface area contributed by atoms with Gasteiger partial charge in [-0.15, -0.1) is 0 Å². The molecule has 2 aromatic heterocycles. The van der Waals surface area contributed by atoms with E-state index in [1.807, 2.05) is 6.92 Å². The van der Waals surface area contributed by atoms with Crippen LogP contribution in [0.5, 0.6) is 5.75 Å². The molecule has 2 aromatic carbocycles. The summed E-state index contributed by atoms with van der Waals surface area (Å²) in [5.41, 5.74) is 0.107. The lowest BCUT2D eigenvalue weighted by atomic mass is 9.90. The van der Waals surface area contributed by atoms with Crippen LogP contribution in [0.4, 0.5) is 4.39 Å². The van der Waals surface area contributed by atoms with Gasteiger partial charge in [0.2, 0.25) is 0 Å². The van der Waals surface area contributed by atoms with Crippen LogP contribution in [0.2, 0.25) is 0 Å². The van der Waals surface area contributed by atoms with Crippen LogP contribution >= 0.6 is 0 Å². The van der Waals surface area contributed by atoms with Gasteiger partial charge in [0, 0.05) is 12.1 Å². The highest BCUT2D eigenvalue weighted by molar-refractivity contribution is 5.97. The van der Waals surface area contributed by atoms with Crippen LogP contribution in [0.15, 0.2) is 64.3 Å². The normalized spacial score (nSPS) is 17.0. The van der Waals surface area contributed by atoms with Gasteiger partial charge in [-0.2, -0.15) is 0 Å². The molecule has 2 heterocycles. The lowest BCUT2D eigenvalue weighted by Gasteiger charge is -2.30. The average Bonchev–Trinajstić information content (AvgIpc) is 2.95. The molecular formula is C29H27FN4O6. The summed E-state index contributed by atoms with van der Waals surface area (Å²) in [4.78, 5) is 56.2. The average molecular weight is 547 g/mol. The maximum absolute atomic E-state index is 14.2. The third kappa shape index (κ3) is 4.97. The molecule has 1 aliphatic carbocycles. The molecule has 11 heteroatoms. The van der Waals surface area contributed by atoms with Crippen molar-refractivity contribution in [2.75, 3.05) is 7.11 Å². The summed E-state index contributed by atoms with van der Waals surface area (Å²) >= 11 is 0. The summed E-state index contributed by atoms with van der Waals surface area (Å²) in [6, 6.07) is 11.2. The fourth-order valence-electron chi connectivity index (χ4n) is 5.20. The summed E-state index contributed by atoms with van der Waals surface area (Å²) in [6.45, 7) is 1.82. The number of carbonyl (C=O) groups is 2. The van der Waals surface area contributed by atoms with Crippen molar-refractivity contribution in [1.82, 2.24) is 19.4 Å². The van der Waals surface area contributed by atoms with Gasteiger partial charge in [-0.05, 0) is 69.0 Å². The molecule has 5 rings (SSSR count). The lowest BCUT2D eigenvalue weighted by molar-refractivity contribution is 0.0600. The molecular weight excluding hydrogens is 519 g/mol. The monoisotopic (exact) mass is 546 g/mol. The number of amides is 1. The number of methoxy groups -OCH3 is 1. The number of hydrogen-bond donors (Lipinski definition) is 2. The minimum absolute atomic E-state index is 0.0337. The van der Waals surface area contributed by atoms with Gasteiger partial charge in [-0.25, -0.2) is 23.5 Å². The molecule has 40 heavy (non-hydrogen) atoms. The van der Waals surface area contributed by atoms with Crippen molar-refractivity contribution in [2.45, 2.75) is 44.7 Å². The Labute approximate surface area is 227 Å². The van der Waals surface area contributed by atoms with Crippen LogP contribution in [0.25, 0.3) is 16.7 Å². The summed E-state index contributed by atoms with van der Waals surface area (Å²) in [5.74, 6) is -1.85. The summed E-state index contributed by atoms with van der Waals surface area (Å²) < 4.78 is 21.3. The van der Waals surface area contributed by atoms with Gasteiger partial charge in [0.05, 0.1) is 35.5 Å². The molecule has 0 spiro atoms. The first-order valence-electron chi connectivity index (χ1n) is 12.8. The number of phenolic OH excluding ortho intramolecular Hbond substituents is 1. The van der Waals surface area contributed by atoms with Gasteiger partial charge in [0.15, 0.2) is 5.65 Å². The Morgan fingerprint density at radius 1 is 1.07 bits per heavy atom. The zero-order valence-corrected chi connectivity index (χ0v) is 21.9. The highest BCUT2D eigenvalue weighted by atomic mass is 19.1. The standard InChI is InChI=1S/C29H27FN4O6/c1-16-6-11-24(35)22(12-16)26(36)32-19-7-9-20(10-8-19)34-27(37)23-14-18(30)15-31-25(23)33(29(34)39)21-5-3-4-17(13-21)28(38)40-2/h3-6,11-15,19-20,35H,7-10H2,1-2H3,(H,32,36). The summed E-state index contributed by atoms with van der Waals surface area (Å²) in [5, 5.41) is 12.9. The molecule has 0 bridgehead atoms. The van der Waals surface area contributed by atoms with Crippen molar-refractivity contribution in [2.24, 2.45) is 0 Å². The number of rotatable bonds is 5. The number of aryl methyl sites for hydroxylation is 1. The SMILES string of the molecule is COC(=O)c1cccc(-n2c(=O)n(C3CCC(NC(=O)c4cc(C)ccc4O)CC3)c(=O)c3cc(F)cnc32)c1. The fourth-order valence-corrected chi connectivity index (χ4v) is 5.20. The smallest absolute Gasteiger partial charge is 0.337 e. The first kappa shape index (κ1) is 26.8.